The van der Waals surface area contributed by atoms with Gasteiger partial charge >= 0.3 is 6.09 Å². The van der Waals surface area contributed by atoms with Crippen molar-refractivity contribution in [3.63, 3.8) is 0 Å². The second kappa shape index (κ2) is 5.70. The SMILES string of the molecule is C=CCOC(=O)Nc1cccc(OC)c1. The van der Waals surface area contributed by atoms with Gasteiger partial charge in [0.2, 0.25) is 0 Å². The van der Waals surface area contributed by atoms with Crippen LogP contribution in [0.25, 0.3) is 0 Å². The number of benzene rings is 1. The van der Waals surface area contributed by atoms with Crippen molar-refractivity contribution in [3.8, 4) is 5.75 Å². The Balaban J connectivity index is 2.55. The number of rotatable bonds is 4. The Morgan fingerprint density at radius 1 is 1.60 bits per heavy atom. The van der Waals surface area contributed by atoms with Gasteiger partial charge in [-0.1, -0.05) is 18.7 Å². The first-order chi connectivity index (χ1) is 7.26. The second-order valence-electron chi connectivity index (χ2n) is 2.74. The van der Waals surface area contributed by atoms with Gasteiger partial charge in [-0.05, 0) is 12.1 Å². The van der Waals surface area contributed by atoms with E-state index in [4.69, 9.17) is 9.47 Å². The van der Waals surface area contributed by atoms with Crippen LogP contribution in [0.2, 0.25) is 0 Å². The number of hydrogen-bond acceptors (Lipinski definition) is 3. The fourth-order valence-electron chi connectivity index (χ4n) is 0.989. The summed E-state index contributed by atoms with van der Waals surface area (Å²) in [6.07, 6.45) is 0.994. The minimum Gasteiger partial charge on any atom is -0.497 e. The molecule has 1 amide bonds. The lowest BCUT2D eigenvalue weighted by Crippen LogP contribution is -2.13. The van der Waals surface area contributed by atoms with E-state index in [1.807, 2.05) is 0 Å². The maximum absolute atomic E-state index is 11.1. The smallest absolute Gasteiger partial charge is 0.411 e. The number of methoxy groups -OCH3 is 1. The molecule has 1 rings (SSSR count). The van der Waals surface area contributed by atoms with Crippen LogP contribution >= 0.6 is 0 Å². The van der Waals surface area contributed by atoms with Crippen LogP contribution in [-0.4, -0.2) is 19.8 Å². The third kappa shape index (κ3) is 3.72. The van der Waals surface area contributed by atoms with Crippen molar-refractivity contribution in [1.29, 1.82) is 0 Å². The predicted molar refractivity (Wildman–Crippen MR) is 58.2 cm³/mol. The molecule has 0 unspecified atom stereocenters. The number of ether oxygens (including phenoxy) is 2. The molecule has 0 aliphatic carbocycles. The molecular formula is C11H13NO3. The summed E-state index contributed by atoms with van der Waals surface area (Å²) in [7, 11) is 1.56. The lowest BCUT2D eigenvalue weighted by atomic mass is 10.3. The molecule has 1 aromatic rings. The van der Waals surface area contributed by atoms with Crippen molar-refractivity contribution < 1.29 is 14.3 Å². The summed E-state index contributed by atoms with van der Waals surface area (Å²) in [5.74, 6) is 0.677. The normalized spacial score (nSPS) is 9.13. The van der Waals surface area contributed by atoms with E-state index >= 15 is 0 Å². The van der Waals surface area contributed by atoms with E-state index in [1.54, 1.807) is 31.4 Å². The largest absolute Gasteiger partial charge is 0.497 e. The van der Waals surface area contributed by atoms with E-state index in [-0.39, 0.29) is 6.61 Å². The Labute approximate surface area is 88.5 Å². The molecule has 0 aromatic heterocycles. The van der Waals surface area contributed by atoms with Gasteiger partial charge in [0.25, 0.3) is 0 Å². The van der Waals surface area contributed by atoms with Crippen molar-refractivity contribution in [2.75, 3.05) is 19.0 Å². The second-order valence-corrected chi connectivity index (χ2v) is 2.74. The number of hydrogen-bond donors (Lipinski definition) is 1. The third-order valence-electron chi connectivity index (χ3n) is 1.65. The first kappa shape index (κ1) is 11.1. The van der Waals surface area contributed by atoms with Crippen LogP contribution in [0.15, 0.2) is 36.9 Å². The van der Waals surface area contributed by atoms with Crippen LogP contribution in [0, 0.1) is 0 Å². The highest BCUT2D eigenvalue weighted by Gasteiger charge is 2.02. The van der Waals surface area contributed by atoms with Crippen LogP contribution in [0.5, 0.6) is 5.75 Å². The summed E-state index contributed by atoms with van der Waals surface area (Å²) in [4.78, 5) is 11.1. The topological polar surface area (TPSA) is 47.6 Å². The molecule has 4 heteroatoms. The molecule has 15 heavy (non-hydrogen) atoms. The van der Waals surface area contributed by atoms with Gasteiger partial charge in [0.15, 0.2) is 0 Å². The molecule has 0 spiro atoms. The summed E-state index contributed by atoms with van der Waals surface area (Å²) in [5, 5.41) is 2.56. The van der Waals surface area contributed by atoms with Gasteiger partial charge in [-0.25, -0.2) is 4.79 Å². The zero-order valence-electron chi connectivity index (χ0n) is 8.53. The van der Waals surface area contributed by atoms with Gasteiger partial charge < -0.3 is 9.47 Å². The maximum atomic E-state index is 11.1. The molecule has 0 aliphatic heterocycles. The van der Waals surface area contributed by atoms with E-state index in [9.17, 15) is 4.79 Å². The number of nitrogens with one attached hydrogen (secondary N) is 1. The minimum absolute atomic E-state index is 0.190. The summed E-state index contributed by atoms with van der Waals surface area (Å²) < 4.78 is 9.77. The summed E-state index contributed by atoms with van der Waals surface area (Å²) in [5.41, 5.74) is 0.628. The van der Waals surface area contributed by atoms with Crippen molar-refractivity contribution in [2.45, 2.75) is 0 Å². The van der Waals surface area contributed by atoms with E-state index in [0.717, 1.165) is 0 Å². The van der Waals surface area contributed by atoms with Gasteiger partial charge in [-0.2, -0.15) is 0 Å². The van der Waals surface area contributed by atoms with Crippen LogP contribution < -0.4 is 10.1 Å². The first-order valence-corrected chi connectivity index (χ1v) is 4.45. The number of anilines is 1. The van der Waals surface area contributed by atoms with Crippen LogP contribution in [0.4, 0.5) is 10.5 Å². The Bertz CT molecular complexity index is 349. The Morgan fingerprint density at radius 2 is 2.40 bits per heavy atom. The van der Waals surface area contributed by atoms with Gasteiger partial charge in [0.05, 0.1) is 7.11 Å². The van der Waals surface area contributed by atoms with Crippen molar-refractivity contribution in [1.82, 2.24) is 0 Å². The first-order valence-electron chi connectivity index (χ1n) is 4.45. The molecule has 0 aliphatic rings. The molecule has 0 radical (unpaired) electrons. The quantitative estimate of drug-likeness (QED) is 0.771. The molecule has 0 saturated heterocycles. The molecule has 0 bridgehead atoms. The van der Waals surface area contributed by atoms with Gasteiger partial charge in [0.1, 0.15) is 12.4 Å². The van der Waals surface area contributed by atoms with E-state index in [1.165, 1.54) is 6.08 Å². The monoisotopic (exact) mass is 207 g/mol. The average molecular weight is 207 g/mol. The molecule has 0 saturated carbocycles. The van der Waals surface area contributed by atoms with Crippen LogP contribution in [0.1, 0.15) is 0 Å². The van der Waals surface area contributed by atoms with Crippen molar-refractivity contribution >= 4 is 11.8 Å². The zero-order chi connectivity index (χ0) is 11.1. The number of carbonyl (C=O) groups excluding carboxylic acids is 1. The molecule has 4 nitrogen and oxygen atoms in total. The Morgan fingerprint density at radius 3 is 3.07 bits per heavy atom. The lowest BCUT2D eigenvalue weighted by molar-refractivity contribution is 0.174. The molecule has 80 valence electrons. The standard InChI is InChI=1S/C11H13NO3/c1-3-7-15-11(13)12-9-5-4-6-10(8-9)14-2/h3-6,8H,1,7H2,2H3,(H,12,13). The van der Waals surface area contributed by atoms with E-state index in [0.29, 0.717) is 11.4 Å². The molecule has 0 heterocycles. The molecular weight excluding hydrogens is 194 g/mol. The van der Waals surface area contributed by atoms with Gasteiger partial charge in [-0.3, -0.25) is 5.32 Å². The van der Waals surface area contributed by atoms with E-state index < -0.39 is 6.09 Å². The highest BCUT2D eigenvalue weighted by atomic mass is 16.5. The van der Waals surface area contributed by atoms with Gasteiger partial charge in [0, 0.05) is 11.8 Å². The molecule has 1 N–H and O–H groups in total. The predicted octanol–water partition coefficient (Wildman–Crippen LogP) is 2.43. The molecule has 1 aromatic carbocycles. The van der Waals surface area contributed by atoms with Gasteiger partial charge in [-0.15, -0.1) is 0 Å². The fraction of sp³-hybridized carbons (Fsp3) is 0.182. The zero-order valence-corrected chi connectivity index (χ0v) is 8.53. The molecule has 0 fully saturated rings. The Hall–Kier alpha value is -1.97. The van der Waals surface area contributed by atoms with Crippen molar-refractivity contribution in [3.05, 3.63) is 36.9 Å². The van der Waals surface area contributed by atoms with Crippen LogP contribution in [-0.2, 0) is 4.74 Å². The van der Waals surface area contributed by atoms with E-state index in [2.05, 4.69) is 11.9 Å². The summed E-state index contributed by atoms with van der Waals surface area (Å²) >= 11 is 0. The maximum Gasteiger partial charge on any atom is 0.411 e. The number of carbonyl (C=O) groups is 1. The summed E-state index contributed by atoms with van der Waals surface area (Å²) in [6.45, 7) is 3.63. The van der Waals surface area contributed by atoms with Crippen LogP contribution in [0.3, 0.4) is 0 Å². The summed E-state index contributed by atoms with van der Waals surface area (Å²) in [6, 6.07) is 7.02. The average Bonchev–Trinajstić information content (AvgIpc) is 2.26. The third-order valence-corrected chi connectivity index (χ3v) is 1.65. The van der Waals surface area contributed by atoms with Crippen molar-refractivity contribution in [2.24, 2.45) is 0 Å². The number of amides is 1. The highest BCUT2D eigenvalue weighted by Crippen LogP contribution is 2.16. The fourth-order valence-corrected chi connectivity index (χ4v) is 0.989. The minimum atomic E-state index is -0.511. The lowest BCUT2D eigenvalue weighted by Gasteiger charge is -2.06. The Kier molecular flexibility index (Phi) is 4.22. The highest BCUT2D eigenvalue weighted by molar-refractivity contribution is 5.84. The molecule has 0 atom stereocenters.